The number of amides is 7. The maximum absolute atomic E-state index is 15.9. The second kappa shape index (κ2) is 24.0. The lowest BCUT2D eigenvalue weighted by molar-refractivity contribution is -0.136. The number of hydrogen-bond acceptors (Lipinski definition) is 12. The van der Waals surface area contributed by atoms with Gasteiger partial charge in [0, 0.05) is 79.1 Å². The van der Waals surface area contributed by atoms with E-state index in [9.17, 15) is 28.8 Å². The van der Waals surface area contributed by atoms with Crippen molar-refractivity contribution >= 4 is 75.3 Å². The lowest BCUT2D eigenvalue weighted by atomic mass is 9.73. The molecular weight excluding hydrogens is 1050 g/mol. The van der Waals surface area contributed by atoms with E-state index in [1.165, 1.54) is 25.3 Å². The van der Waals surface area contributed by atoms with Crippen molar-refractivity contribution in [2.75, 3.05) is 48.3 Å². The number of fused-ring (bicyclic) bond motifs is 4. The van der Waals surface area contributed by atoms with Crippen molar-refractivity contribution in [3.63, 3.8) is 0 Å². The van der Waals surface area contributed by atoms with Crippen LogP contribution in [0.25, 0.3) is 22.3 Å². The number of imide groups is 2. The van der Waals surface area contributed by atoms with E-state index in [0.717, 1.165) is 92.6 Å². The number of nitrogens with zero attached hydrogens (tertiary/aromatic N) is 7. The highest BCUT2D eigenvalue weighted by Gasteiger charge is 2.56. The third kappa shape index (κ3) is 11.2. The quantitative estimate of drug-likeness (QED) is 0.0424. The molecule has 7 heterocycles. The Morgan fingerprint density at radius 2 is 1.54 bits per heavy atom. The number of carbonyl (C=O) groups excluding carboxylic acids is 7. The van der Waals surface area contributed by atoms with Crippen LogP contribution in [-0.4, -0.2) is 127 Å². The number of anilines is 4. The van der Waals surface area contributed by atoms with Gasteiger partial charge in [-0.3, -0.25) is 43.8 Å². The highest BCUT2D eigenvalue weighted by atomic mass is 19.1. The molecule has 2 aromatic heterocycles. The number of aromatic nitrogens is 3. The Balaban J connectivity index is 0.718. The van der Waals surface area contributed by atoms with Crippen molar-refractivity contribution in [2.24, 2.45) is 0 Å². The molecule has 18 nitrogen and oxygen atoms in total. The van der Waals surface area contributed by atoms with E-state index in [1.807, 2.05) is 49.3 Å². The Kier molecular flexibility index (Phi) is 16.5. The number of rotatable bonds is 20. The Morgan fingerprint density at radius 1 is 0.807 bits per heavy atom. The molecule has 5 aromatic rings. The largest absolute Gasteiger partial charge is 0.384 e. The maximum atomic E-state index is 15.9. The summed E-state index contributed by atoms with van der Waals surface area (Å²) in [7, 11) is 0. The van der Waals surface area contributed by atoms with Gasteiger partial charge in [0.2, 0.25) is 23.6 Å². The minimum atomic E-state index is -1.01. The van der Waals surface area contributed by atoms with Gasteiger partial charge < -0.3 is 35.2 Å². The first-order valence-electron chi connectivity index (χ1n) is 30.4. The molecule has 1 saturated carbocycles. The van der Waals surface area contributed by atoms with Gasteiger partial charge in [0.15, 0.2) is 5.82 Å². The molecule has 6 aliphatic rings. The Morgan fingerprint density at radius 3 is 2.27 bits per heavy atom. The lowest BCUT2D eigenvalue weighted by Crippen LogP contribution is -2.58. The molecular formula is C64H78FN11O7. The molecule has 3 aromatic carbocycles. The van der Waals surface area contributed by atoms with Crippen LogP contribution >= 0.6 is 0 Å². The van der Waals surface area contributed by atoms with Crippen molar-refractivity contribution in [3.05, 3.63) is 94.6 Å². The SMILES string of the molecule is Cc1cc(F)c(Nc2nc(-c3ccc4c(c3)N([C@H]3C[C@@H](N5CCCCC5)C3)C(=O)C43CCN(C(=O)CCCCCCCCCNc4cccc5c4C(=O)N(C4CCC(=O)NC4=O)C5=O)CC3)cc3ncn(C(C)C)c23)cc1C(=O)NC(C)C. The van der Waals surface area contributed by atoms with E-state index in [-0.39, 0.29) is 65.5 Å². The van der Waals surface area contributed by atoms with E-state index < -0.39 is 40.9 Å². The van der Waals surface area contributed by atoms with E-state index in [0.29, 0.717) is 84.3 Å². The Labute approximate surface area is 484 Å². The number of unbranched alkanes of at least 4 members (excludes halogenated alkanes) is 6. The molecule has 11 rings (SSSR count). The van der Waals surface area contributed by atoms with Gasteiger partial charge in [0.05, 0.1) is 39.8 Å². The number of pyridine rings is 1. The summed E-state index contributed by atoms with van der Waals surface area (Å²) in [6.07, 6.45) is 15.7. The minimum absolute atomic E-state index is 0.0164. The standard InChI is InChI=1S/C64H78FN11O7/c1-38(2)68-59(79)45-35-50(47(65)31-40(45)5)70-58-57-51(67-37-74(57)39(3)4)36-49(69-58)41-20-21-46-53(32-41)75(43-33-42(34-43)72-27-14-11-15-28-72)63(83)64(46)24-29-73(30-25-64)55(78)19-12-9-7-6-8-10-13-26-66-48-18-16-17-44-56(48)62(82)76(61(44)81)52-22-23-54(77)71-60(52)80/h16-18,20-21,31-32,35-39,42-43,52,66H,6-15,19,22-30,33-34H2,1-5H3,(H,68,79)(H,69,70)(H,71,77,80)/t42-,43+,52?. The number of piperidine rings is 3. The fraction of sp³-hybridized carbons (Fsp3) is 0.516. The smallest absolute Gasteiger partial charge is 0.264 e. The first kappa shape index (κ1) is 57.3. The molecule has 0 radical (unpaired) electrons. The number of aryl methyl sites for hydroxylation is 1. The molecule has 7 amide bonds. The fourth-order valence-electron chi connectivity index (χ4n) is 13.6. The molecule has 1 spiro atoms. The van der Waals surface area contributed by atoms with Crippen molar-refractivity contribution in [3.8, 4) is 11.3 Å². The van der Waals surface area contributed by atoms with Crippen LogP contribution in [0.4, 0.5) is 27.3 Å². The van der Waals surface area contributed by atoms with Gasteiger partial charge in [-0.15, -0.1) is 0 Å². The third-order valence-electron chi connectivity index (χ3n) is 18.2. The first-order valence-corrected chi connectivity index (χ1v) is 30.4. The zero-order chi connectivity index (χ0) is 58.3. The molecule has 1 atom stereocenters. The van der Waals surface area contributed by atoms with Gasteiger partial charge >= 0.3 is 0 Å². The van der Waals surface area contributed by atoms with Crippen LogP contribution in [0, 0.1) is 12.7 Å². The van der Waals surface area contributed by atoms with Crippen molar-refractivity contribution in [1.82, 2.24) is 39.9 Å². The zero-order valence-electron chi connectivity index (χ0n) is 48.6. The summed E-state index contributed by atoms with van der Waals surface area (Å²) in [6, 6.07) is 15.6. The summed E-state index contributed by atoms with van der Waals surface area (Å²) in [5, 5.41) is 11.8. The van der Waals surface area contributed by atoms with Gasteiger partial charge in [0.1, 0.15) is 17.4 Å². The van der Waals surface area contributed by atoms with Crippen LogP contribution in [0.3, 0.4) is 0 Å². The van der Waals surface area contributed by atoms with Crippen LogP contribution < -0.4 is 26.2 Å². The average Bonchev–Trinajstić information content (AvgIpc) is 3.79. The highest BCUT2D eigenvalue weighted by molar-refractivity contribution is 6.25. The normalized spacial score (nSPS) is 20.6. The average molecular weight is 1130 g/mol. The summed E-state index contributed by atoms with van der Waals surface area (Å²) in [5.41, 5.74) is 6.00. The van der Waals surface area contributed by atoms with Gasteiger partial charge in [-0.05, 0) is 153 Å². The van der Waals surface area contributed by atoms with Crippen LogP contribution in [0.5, 0.6) is 0 Å². The topological polar surface area (TPSA) is 211 Å². The van der Waals surface area contributed by atoms with E-state index in [4.69, 9.17) is 9.97 Å². The van der Waals surface area contributed by atoms with Crippen LogP contribution in [0.1, 0.15) is 185 Å². The molecule has 1 unspecified atom stereocenters. The van der Waals surface area contributed by atoms with E-state index in [2.05, 4.69) is 43.2 Å². The van der Waals surface area contributed by atoms with Gasteiger partial charge in [-0.25, -0.2) is 14.4 Å². The molecule has 3 saturated heterocycles. The number of imidazole rings is 1. The predicted octanol–water partition coefficient (Wildman–Crippen LogP) is 9.87. The first-order chi connectivity index (χ1) is 40.0. The fourth-order valence-corrected chi connectivity index (χ4v) is 13.6. The van der Waals surface area contributed by atoms with Crippen LogP contribution in [0.2, 0.25) is 0 Å². The summed E-state index contributed by atoms with van der Waals surface area (Å²) in [5.74, 6) is -2.25. The molecule has 0 bridgehead atoms. The Hall–Kier alpha value is -7.54. The molecule has 4 N–H and O–H groups in total. The highest BCUT2D eigenvalue weighted by Crippen LogP contribution is 2.52. The third-order valence-corrected chi connectivity index (χ3v) is 18.2. The van der Waals surface area contributed by atoms with E-state index in [1.54, 1.807) is 37.5 Å². The zero-order valence-corrected chi connectivity index (χ0v) is 48.6. The molecule has 1 aliphatic carbocycles. The number of halogens is 1. The van der Waals surface area contributed by atoms with Gasteiger partial charge in [0.25, 0.3) is 17.7 Å². The predicted molar refractivity (Wildman–Crippen MR) is 316 cm³/mol. The number of hydrogen-bond donors (Lipinski definition) is 4. The number of nitrogens with one attached hydrogen (secondary N) is 4. The summed E-state index contributed by atoms with van der Waals surface area (Å²) in [4.78, 5) is 111. The number of carbonyl (C=O) groups is 7. The van der Waals surface area contributed by atoms with E-state index >= 15 is 9.18 Å². The number of benzene rings is 3. The van der Waals surface area contributed by atoms with Crippen molar-refractivity contribution in [1.29, 1.82) is 0 Å². The second-order valence-electron chi connectivity index (χ2n) is 24.4. The molecule has 83 heavy (non-hydrogen) atoms. The summed E-state index contributed by atoms with van der Waals surface area (Å²) >= 11 is 0. The van der Waals surface area contributed by atoms with Crippen LogP contribution in [-0.2, 0) is 24.6 Å². The molecule has 5 aliphatic heterocycles. The number of likely N-dealkylation sites (tertiary alicyclic amines) is 2. The molecule has 4 fully saturated rings. The molecule has 438 valence electrons. The summed E-state index contributed by atoms with van der Waals surface area (Å²) < 4.78 is 17.9. The minimum Gasteiger partial charge on any atom is -0.384 e. The monoisotopic (exact) mass is 1130 g/mol. The Bertz CT molecular complexity index is 3370. The van der Waals surface area contributed by atoms with Gasteiger partial charge in [-0.1, -0.05) is 56.7 Å². The van der Waals surface area contributed by atoms with Crippen molar-refractivity contribution in [2.45, 2.75) is 179 Å². The second-order valence-corrected chi connectivity index (χ2v) is 24.4. The lowest BCUT2D eigenvalue weighted by Gasteiger charge is -2.48. The van der Waals surface area contributed by atoms with Gasteiger partial charge in [-0.2, -0.15) is 0 Å². The van der Waals surface area contributed by atoms with Crippen molar-refractivity contribution < 1.29 is 38.0 Å². The molecule has 19 heteroatoms. The summed E-state index contributed by atoms with van der Waals surface area (Å²) in [6.45, 7) is 13.4. The van der Waals surface area contributed by atoms with Crippen LogP contribution in [0.15, 0.2) is 60.9 Å². The maximum Gasteiger partial charge on any atom is 0.264 e.